The van der Waals surface area contributed by atoms with E-state index in [0.717, 1.165) is 27.8 Å². The Labute approximate surface area is 177 Å². The van der Waals surface area contributed by atoms with Crippen molar-refractivity contribution in [2.75, 3.05) is 0 Å². The minimum atomic E-state index is -0.928. The second-order valence-electron chi connectivity index (χ2n) is 6.71. The summed E-state index contributed by atoms with van der Waals surface area (Å²) in [6.45, 7) is 1.79. The van der Waals surface area contributed by atoms with E-state index in [0.29, 0.717) is 26.8 Å². The zero-order valence-electron chi connectivity index (χ0n) is 15.4. The molecule has 3 aromatic carbocycles. The minimum Gasteiger partial charge on any atom is -0.478 e. The number of aromatic carboxylic acids is 1. The summed E-state index contributed by atoms with van der Waals surface area (Å²) in [4.78, 5) is 11.5. The number of fused-ring (bicyclic) bond motifs is 1. The molecular formula is C24H16Cl2O3. The van der Waals surface area contributed by atoms with Gasteiger partial charge in [-0.1, -0.05) is 77.8 Å². The van der Waals surface area contributed by atoms with Crippen molar-refractivity contribution in [1.82, 2.24) is 0 Å². The van der Waals surface area contributed by atoms with E-state index < -0.39 is 5.97 Å². The number of carboxylic acids is 1. The van der Waals surface area contributed by atoms with Gasteiger partial charge < -0.3 is 9.52 Å². The number of benzene rings is 3. The largest absolute Gasteiger partial charge is 0.478 e. The highest BCUT2D eigenvalue weighted by atomic mass is 35.5. The molecule has 0 amide bonds. The van der Waals surface area contributed by atoms with E-state index in [1.165, 1.54) is 0 Å². The zero-order chi connectivity index (χ0) is 20.5. The molecule has 4 aromatic rings. The van der Waals surface area contributed by atoms with Crippen LogP contribution in [0.3, 0.4) is 0 Å². The normalized spacial score (nSPS) is 11.4. The zero-order valence-corrected chi connectivity index (χ0v) is 17.0. The van der Waals surface area contributed by atoms with Crippen LogP contribution in [-0.4, -0.2) is 11.1 Å². The highest BCUT2D eigenvalue weighted by Crippen LogP contribution is 2.33. The van der Waals surface area contributed by atoms with Crippen molar-refractivity contribution >= 4 is 52.3 Å². The Hall–Kier alpha value is -3.01. The maximum atomic E-state index is 11.5. The molecule has 5 heteroatoms. The lowest BCUT2D eigenvalue weighted by Gasteiger charge is -2.05. The van der Waals surface area contributed by atoms with Crippen LogP contribution in [0.25, 0.3) is 34.4 Å². The van der Waals surface area contributed by atoms with Crippen LogP contribution in [0.5, 0.6) is 0 Å². The van der Waals surface area contributed by atoms with Gasteiger partial charge in [-0.25, -0.2) is 4.79 Å². The Balaban J connectivity index is 1.61. The molecule has 0 unspecified atom stereocenters. The van der Waals surface area contributed by atoms with Crippen molar-refractivity contribution in [2.24, 2.45) is 0 Å². The number of halogens is 2. The Kier molecular flexibility index (Phi) is 5.18. The molecule has 0 fully saturated rings. The second-order valence-corrected chi connectivity index (χ2v) is 7.53. The average Bonchev–Trinajstić information content (AvgIpc) is 3.09. The summed E-state index contributed by atoms with van der Waals surface area (Å²) in [5, 5.41) is 11.3. The molecule has 1 heterocycles. The van der Waals surface area contributed by atoms with Gasteiger partial charge in [0.15, 0.2) is 0 Å². The molecule has 0 aliphatic rings. The number of rotatable bonds is 4. The molecule has 144 valence electrons. The van der Waals surface area contributed by atoms with Crippen molar-refractivity contribution in [3.05, 3.63) is 93.0 Å². The predicted molar refractivity (Wildman–Crippen MR) is 119 cm³/mol. The summed E-state index contributed by atoms with van der Waals surface area (Å²) in [6.07, 6.45) is 3.71. The van der Waals surface area contributed by atoms with Crippen LogP contribution in [0.2, 0.25) is 10.0 Å². The molecule has 0 spiro atoms. The summed E-state index contributed by atoms with van der Waals surface area (Å²) >= 11 is 12.1. The molecule has 4 rings (SSSR count). The van der Waals surface area contributed by atoms with E-state index in [4.69, 9.17) is 27.6 Å². The van der Waals surface area contributed by atoms with Gasteiger partial charge >= 0.3 is 5.97 Å². The van der Waals surface area contributed by atoms with Gasteiger partial charge in [0.05, 0.1) is 15.6 Å². The first-order valence-corrected chi connectivity index (χ1v) is 9.68. The van der Waals surface area contributed by atoms with Gasteiger partial charge in [0.1, 0.15) is 11.3 Å². The first-order valence-electron chi connectivity index (χ1n) is 8.92. The van der Waals surface area contributed by atoms with Crippen molar-refractivity contribution in [3.63, 3.8) is 0 Å². The summed E-state index contributed by atoms with van der Waals surface area (Å²) in [5.41, 5.74) is 4.29. The molecule has 1 N–H and O–H groups in total. The number of furan rings is 1. The fourth-order valence-electron chi connectivity index (χ4n) is 3.24. The molecular weight excluding hydrogens is 407 g/mol. The molecule has 0 aliphatic heterocycles. The first-order chi connectivity index (χ1) is 13.9. The topological polar surface area (TPSA) is 50.4 Å². The van der Waals surface area contributed by atoms with E-state index in [1.54, 1.807) is 31.2 Å². The van der Waals surface area contributed by atoms with Crippen molar-refractivity contribution in [1.29, 1.82) is 0 Å². The van der Waals surface area contributed by atoms with Gasteiger partial charge in [-0.3, -0.25) is 0 Å². The third kappa shape index (κ3) is 3.93. The number of aryl methyl sites for hydroxylation is 1. The lowest BCUT2D eigenvalue weighted by atomic mass is 10.0. The Bertz CT molecular complexity index is 1210. The first kappa shape index (κ1) is 19.3. The maximum Gasteiger partial charge on any atom is 0.336 e. The fourth-order valence-corrected chi connectivity index (χ4v) is 3.57. The third-order valence-corrected chi connectivity index (χ3v) is 5.45. The van der Waals surface area contributed by atoms with E-state index in [-0.39, 0.29) is 0 Å². The molecule has 0 atom stereocenters. The van der Waals surface area contributed by atoms with E-state index >= 15 is 0 Å². The van der Waals surface area contributed by atoms with Crippen molar-refractivity contribution in [3.8, 4) is 11.3 Å². The highest BCUT2D eigenvalue weighted by Gasteiger charge is 2.11. The summed E-state index contributed by atoms with van der Waals surface area (Å²) in [6, 6.07) is 18.7. The molecule has 1 aromatic heterocycles. The summed E-state index contributed by atoms with van der Waals surface area (Å²) in [5.74, 6) is -0.205. The predicted octanol–water partition coefficient (Wildman–Crippen LogP) is 7.58. The minimum absolute atomic E-state index is 0.319. The quantitative estimate of drug-likeness (QED) is 0.344. The molecule has 0 saturated heterocycles. The van der Waals surface area contributed by atoms with Gasteiger partial charge in [0.25, 0.3) is 0 Å². The van der Waals surface area contributed by atoms with Gasteiger partial charge in [-0.15, -0.1) is 0 Å². The molecule has 0 bridgehead atoms. The summed E-state index contributed by atoms with van der Waals surface area (Å²) in [7, 11) is 0. The standard InChI is InChI=1S/C24H16Cl2O3/c1-14-3-2-4-17(23(14)24(27)28)10-7-15-5-8-16(9-6-15)21-12-18-11-19(25)20(26)13-22(18)29-21/h2-13H,1H3,(H,27,28). The molecule has 0 radical (unpaired) electrons. The van der Waals surface area contributed by atoms with Crippen LogP contribution >= 0.6 is 23.2 Å². The van der Waals surface area contributed by atoms with E-state index in [9.17, 15) is 9.90 Å². The van der Waals surface area contributed by atoms with Crippen LogP contribution in [0.4, 0.5) is 0 Å². The van der Waals surface area contributed by atoms with E-state index in [2.05, 4.69) is 0 Å². The Morgan fingerprint density at radius 2 is 1.69 bits per heavy atom. The van der Waals surface area contributed by atoms with Crippen LogP contribution in [-0.2, 0) is 0 Å². The third-order valence-electron chi connectivity index (χ3n) is 4.73. The fraction of sp³-hybridized carbons (Fsp3) is 0.0417. The van der Waals surface area contributed by atoms with Crippen LogP contribution < -0.4 is 0 Å². The van der Waals surface area contributed by atoms with Gasteiger partial charge in [-0.05, 0) is 35.7 Å². The number of carboxylic acid groups (broad SMARTS) is 1. The Morgan fingerprint density at radius 3 is 2.41 bits per heavy atom. The van der Waals surface area contributed by atoms with E-state index in [1.807, 2.05) is 48.6 Å². The molecule has 0 aliphatic carbocycles. The molecule has 3 nitrogen and oxygen atoms in total. The second kappa shape index (κ2) is 7.78. The summed E-state index contributed by atoms with van der Waals surface area (Å²) < 4.78 is 5.89. The number of hydrogen-bond donors (Lipinski definition) is 1. The monoisotopic (exact) mass is 422 g/mol. The van der Waals surface area contributed by atoms with Crippen LogP contribution in [0, 0.1) is 6.92 Å². The van der Waals surface area contributed by atoms with Gasteiger partial charge in [0, 0.05) is 17.0 Å². The highest BCUT2D eigenvalue weighted by molar-refractivity contribution is 6.42. The maximum absolute atomic E-state index is 11.5. The lowest BCUT2D eigenvalue weighted by molar-refractivity contribution is 0.0696. The average molecular weight is 423 g/mol. The number of carbonyl (C=O) groups is 1. The van der Waals surface area contributed by atoms with Gasteiger partial charge in [0.2, 0.25) is 0 Å². The smallest absolute Gasteiger partial charge is 0.336 e. The van der Waals surface area contributed by atoms with Crippen LogP contribution in [0.1, 0.15) is 27.0 Å². The van der Waals surface area contributed by atoms with Crippen molar-refractivity contribution < 1.29 is 14.3 Å². The SMILES string of the molecule is Cc1cccc(C=Cc2ccc(-c3cc4cc(Cl)c(Cl)cc4o3)cc2)c1C(=O)O. The van der Waals surface area contributed by atoms with Crippen molar-refractivity contribution in [2.45, 2.75) is 6.92 Å². The molecule has 0 saturated carbocycles. The van der Waals surface area contributed by atoms with Gasteiger partial charge in [-0.2, -0.15) is 0 Å². The molecule has 29 heavy (non-hydrogen) atoms. The van der Waals surface area contributed by atoms with Crippen LogP contribution in [0.15, 0.2) is 65.1 Å². The Morgan fingerprint density at radius 1 is 0.966 bits per heavy atom. The lowest BCUT2D eigenvalue weighted by Crippen LogP contribution is -2.02. The number of hydrogen-bond acceptors (Lipinski definition) is 2.